The van der Waals surface area contributed by atoms with Gasteiger partial charge in [0.1, 0.15) is 0 Å². The average Bonchev–Trinajstić information content (AvgIpc) is 2.17. The molecule has 0 saturated carbocycles. The Morgan fingerprint density at radius 1 is 1.28 bits per heavy atom. The molecule has 5 nitrogen and oxygen atoms in total. The van der Waals surface area contributed by atoms with Crippen LogP contribution in [0.4, 0.5) is 10.5 Å². The normalized spacial score (nSPS) is 10.9. The van der Waals surface area contributed by atoms with Gasteiger partial charge in [0.05, 0.1) is 11.3 Å². The average molecular weight is 315 g/mol. The zero-order valence-corrected chi connectivity index (χ0v) is 12.0. The van der Waals surface area contributed by atoms with E-state index in [0.29, 0.717) is 4.47 Å². The van der Waals surface area contributed by atoms with E-state index >= 15 is 0 Å². The van der Waals surface area contributed by atoms with Crippen LogP contribution in [0, 0.1) is 0 Å². The Morgan fingerprint density at radius 2 is 1.89 bits per heavy atom. The van der Waals surface area contributed by atoms with Crippen LogP contribution in [0.5, 0.6) is 0 Å². The first-order valence-corrected chi connectivity index (χ1v) is 6.10. The summed E-state index contributed by atoms with van der Waals surface area (Å²) in [6.07, 6.45) is 0. The molecule has 3 N–H and O–H groups in total. The van der Waals surface area contributed by atoms with Crippen LogP contribution in [0.1, 0.15) is 31.1 Å². The Morgan fingerprint density at radius 3 is 2.39 bits per heavy atom. The molecular weight excluding hydrogens is 300 g/mol. The first-order valence-electron chi connectivity index (χ1n) is 5.31. The van der Waals surface area contributed by atoms with Gasteiger partial charge in [-0.3, -0.25) is 0 Å². The van der Waals surface area contributed by atoms with Crippen LogP contribution in [0.3, 0.4) is 0 Å². The van der Waals surface area contributed by atoms with Crippen LogP contribution in [0.25, 0.3) is 0 Å². The Kier molecular flexibility index (Phi) is 4.34. The van der Waals surface area contributed by atoms with Gasteiger partial charge >= 0.3 is 12.0 Å². The topological polar surface area (TPSA) is 78.4 Å². The lowest BCUT2D eigenvalue weighted by molar-refractivity contribution is 0.0698. The van der Waals surface area contributed by atoms with Crippen molar-refractivity contribution in [2.75, 3.05) is 5.32 Å². The molecule has 0 bridgehead atoms. The predicted octanol–water partition coefficient (Wildman–Crippen LogP) is 3.07. The van der Waals surface area contributed by atoms with E-state index in [4.69, 9.17) is 5.11 Å². The Balaban J connectivity index is 2.91. The van der Waals surface area contributed by atoms with Crippen LogP contribution in [0.2, 0.25) is 0 Å². The minimum atomic E-state index is -1.10. The van der Waals surface area contributed by atoms with Crippen molar-refractivity contribution < 1.29 is 14.7 Å². The molecule has 0 unspecified atom stereocenters. The van der Waals surface area contributed by atoms with E-state index in [0.717, 1.165) is 0 Å². The highest BCUT2D eigenvalue weighted by molar-refractivity contribution is 9.10. The monoisotopic (exact) mass is 314 g/mol. The van der Waals surface area contributed by atoms with Crippen LogP contribution >= 0.6 is 15.9 Å². The molecular formula is C12H15BrN2O3. The number of aromatic carboxylic acids is 1. The molecule has 0 aliphatic heterocycles. The molecule has 0 aliphatic rings. The van der Waals surface area contributed by atoms with E-state index in [1.165, 1.54) is 12.1 Å². The highest BCUT2D eigenvalue weighted by atomic mass is 79.9. The third kappa shape index (κ3) is 4.37. The second-order valence-electron chi connectivity index (χ2n) is 4.82. The smallest absolute Gasteiger partial charge is 0.337 e. The van der Waals surface area contributed by atoms with Gasteiger partial charge in [-0.2, -0.15) is 0 Å². The second-order valence-corrected chi connectivity index (χ2v) is 5.74. The maximum Gasteiger partial charge on any atom is 0.337 e. The van der Waals surface area contributed by atoms with Crippen molar-refractivity contribution in [3.8, 4) is 0 Å². The standard InChI is InChI=1S/C12H15BrN2O3/c1-12(2,3)15-11(18)14-9-5-4-7(13)6-8(9)10(16)17/h4-6H,1-3H3,(H,16,17)(H2,14,15,18). The fourth-order valence-corrected chi connectivity index (χ4v) is 1.66. The van der Waals surface area contributed by atoms with Crippen molar-refractivity contribution in [3.63, 3.8) is 0 Å². The molecule has 0 atom stereocenters. The minimum absolute atomic E-state index is 0.0356. The van der Waals surface area contributed by atoms with Gasteiger partial charge in [0.25, 0.3) is 0 Å². The second kappa shape index (κ2) is 5.39. The van der Waals surface area contributed by atoms with Gasteiger partial charge < -0.3 is 15.7 Å². The van der Waals surface area contributed by atoms with Crippen LogP contribution in [0.15, 0.2) is 22.7 Å². The van der Waals surface area contributed by atoms with Gasteiger partial charge in [0, 0.05) is 10.0 Å². The maximum atomic E-state index is 11.7. The number of hydrogen-bond acceptors (Lipinski definition) is 2. The number of rotatable bonds is 2. The fourth-order valence-electron chi connectivity index (χ4n) is 1.30. The molecule has 18 heavy (non-hydrogen) atoms. The zero-order valence-electron chi connectivity index (χ0n) is 10.4. The Hall–Kier alpha value is -1.56. The maximum absolute atomic E-state index is 11.7. The molecule has 1 aromatic rings. The molecule has 0 aliphatic carbocycles. The summed E-state index contributed by atoms with van der Waals surface area (Å²) in [6, 6.07) is 4.21. The summed E-state index contributed by atoms with van der Waals surface area (Å²) in [5.41, 5.74) is -0.0936. The lowest BCUT2D eigenvalue weighted by atomic mass is 10.1. The number of benzene rings is 1. The SMILES string of the molecule is CC(C)(C)NC(=O)Nc1ccc(Br)cc1C(=O)O. The van der Waals surface area contributed by atoms with Crippen molar-refractivity contribution in [2.24, 2.45) is 0 Å². The largest absolute Gasteiger partial charge is 0.478 e. The summed E-state index contributed by atoms with van der Waals surface area (Å²) in [6.45, 7) is 5.52. The number of carboxylic acid groups (broad SMARTS) is 1. The van der Waals surface area contributed by atoms with Gasteiger partial charge in [-0.05, 0) is 39.0 Å². The molecule has 0 radical (unpaired) electrons. The van der Waals surface area contributed by atoms with E-state index in [9.17, 15) is 9.59 Å². The van der Waals surface area contributed by atoms with Crippen molar-refractivity contribution in [1.82, 2.24) is 5.32 Å². The molecule has 2 amide bonds. The van der Waals surface area contributed by atoms with Gasteiger partial charge in [-0.1, -0.05) is 15.9 Å². The third-order valence-corrected chi connectivity index (χ3v) is 2.44. The van der Waals surface area contributed by atoms with E-state index in [2.05, 4.69) is 26.6 Å². The van der Waals surface area contributed by atoms with E-state index in [1.54, 1.807) is 6.07 Å². The summed E-state index contributed by atoms with van der Waals surface area (Å²) in [4.78, 5) is 22.7. The summed E-state index contributed by atoms with van der Waals surface area (Å²) in [7, 11) is 0. The van der Waals surface area contributed by atoms with Crippen LogP contribution < -0.4 is 10.6 Å². The number of urea groups is 1. The summed E-state index contributed by atoms with van der Waals surface area (Å²) in [5, 5.41) is 14.3. The molecule has 1 aromatic carbocycles. The highest BCUT2D eigenvalue weighted by Gasteiger charge is 2.16. The first kappa shape index (κ1) is 14.5. The summed E-state index contributed by atoms with van der Waals surface area (Å²) >= 11 is 3.19. The highest BCUT2D eigenvalue weighted by Crippen LogP contribution is 2.21. The van der Waals surface area contributed by atoms with Crippen molar-refractivity contribution >= 4 is 33.6 Å². The number of hydrogen-bond donors (Lipinski definition) is 3. The van der Waals surface area contributed by atoms with Crippen LogP contribution in [-0.2, 0) is 0 Å². The molecule has 0 saturated heterocycles. The number of carbonyl (C=O) groups excluding carboxylic acids is 1. The van der Waals surface area contributed by atoms with E-state index in [-0.39, 0.29) is 16.8 Å². The number of nitrogens with one attached hydrogen (secondary N) is 2. The molecule has 0 fully saturated rings. The minimum Gasteiger partial charge on any atom is -0.478 e. The van der Waals surface area contributed by atoms with E-state index < -0.39 is 12.0 Å². The van der Waals surface area contributed by atoms with Gasteiger partial charge in [-0.15, -0.1) is 0 Å². The Bertz CT molecular complexity index is 481. The number of anilines is 1. The third-order valence-electron chi connectivity index (χ3n) is 1.95. The predicted molar refractivity (Wildman–Crippen MR) is 73.0 cm³/mol. The lowest BCUT2D eigenvalue weighted by Crippen LogP contribution is -2.43. The number of carboxylic acids is 1. The molecule has 6 heteroatoms. The summed E-state index contributed by atoms with van der Waals surface area (Å²) < 4.78 is 0.640. The van der Waals surface area contributed by atoms with Crippen molar-refractivity contribution in [1.29, 1.82) is 0 Å². The van der Waals surface area contributed by atoms with Crippen LogP contribution in [-0.4, -0.2) is 22.6 Å². The molecule has 98 valence electrons. The molecule has 1 rings (SSSR count). The van der Waals surface area contributed by atoms with Gasteiger partial charge in [0.15, 0.2) is 0 Å². The Labute approximate surface area is 114 Å². The molecule has 0 heterocycles. The van der Waals surface area contributed by atoms with E-state index in [1.807, 2.05) is 20.8 Å². The van der Waals surface area contributed by atoms with Crippen molar-refractivity contribution in [2.45, 2.75) is 26.3 Å². The lowest BCUT2D eigenvalue weighted by Gasteiger charge is -2.21. The number of carbonyl (C=O) groups is 2. The quantitative estimate of drug-likeness (QED) is 0.785. The molecule has 0 aromatic heterocycles. The van der Waals surface area contributed by atoms with Crippen molar-refractivity contribution in [3.05, 3.63) is 28.2 Å². The van der Waals surface area contributed by atoms with Gasteiger partial charge in [-0.25, -0.2) is 9.59 Å². The zero-order chi connectivity index (χ0) is 13.9. The first-order chi connectivity index (χ1) is 8.19. The van der Waals surface area contributed by atoms with Gasteiger partial charge in [0.2, 0.25) is 0 Å². The fraction of sp³-hybridized carbons (Fsp3) is 0.333. The molecule has 0 spiro atoms. The number of amides is 2. The number of halogens is 1. The summed E-state index contributed by atoms with van der Waals surface area (Å²) in [5.74, 6) is -1.10.